The summed E-state index contributed by atoms with van der Waals surface area (Å²) in [5.74, 6) is 0.704. The van der Waals surface area contributed by atoms with Crippen molar-refractivity contribution in [3.8, 4) is 0 Å². The molecule has 2 heteroatoms. The number of hydrogen-bond acceptors (Lipinski definition) is 2. The first-order valence-electron chi connectivity index (χ1n) is 6.33. The van der Waals surface area contributed by atoms with E-state index < -0.39 is 6.10 Å². The van der Waals surface area contributed by atoms with Gasteiger partial charge in [-0.2, -0.15) is 0 Å². The maximum atomic E-state index is 9.77. The monoisotopic (exact) mass is 232 g/mol. The van der Waals surface area contributed by atoms with Crippen LogP contribution in [0.3, 0.4) is 0 Å². The zero-order valence-electron chi connectivity index (χ0n) is 10.00. The fraction of sp³-hybridized carbons (Fsp3) is 0.467. The fourth-order valence-electron chi connectivity index (χ4n) is 1.98. The molecule has 1 fully saturated rings. The Morgan fingerprint density at radius 2 is 1.88 bits per heavy atom. The van der Waals surface area contributed by atoms with E-state index >= 15 is 0 Å². The average molecular weight is 232 g/mol. The number of benzene rings is 1. The molecule has 2 nitrogen and oxygen atoms in total. The van der Waals surface area contributed by atoms with Gasteiger partial charge in [0.2, 0.25) is 0 Å². The minimum absolute atomic E-state index is 0.363. The number of rotatable bonds is 6. The normalized spacial score (nSPS) is 19.4. The van der Waals surface area contributed by atoms with Crippen LogP contribution in [0.2, 0.25) is 0 Å². The van der Waals surface area contributed by atoms with Crippen LogP contribution in [0.1, 0.15) is 31.2 Å². The van der Waals surface area contributed by atoms with Gasteiger partial charge in [-0.3, -0.25) is 0 Å². The van der Waals surface area contributed by atoms with Crippen molar-refractivity contribution in [2.24, 2.45) is 5.92 Å². The van der Waals surface area contributed by atoms with Crippen molar-refractivity contribution in [2.45, 2.75) is 37.9 Å². The Bertz CT molecular complexity index is 354. The molecule has 17 heavy (non-hydrogen) atoms. The molecule has 1 aromatic rings. The molecular formula is C15H20O2. The zero-order chi connectivity index (χ0) is 12.1. The zero-order valence-corrected chi connectivity index (χ0v) is 10.00. The molecule has 0 aliphatic heterocycles. The van der Waals surface area contributed by atoms with Crippen LogP contribution in [0.5, 0.6) is 0 Å². The van der Waals surface area contributed by atoms with Gasteiger partial charge in [0.1, 0.15) is 0 Å². The molecule has 2 rings (SSSR count). The van der Waals surface area contributed by atoms with E-state index in [4.69, 9.17) is 0 Å². The highest BCUT2D eigenvalue weighted by Crippen LogP contribution is 2.34. The molecule has 0 aromatic heterocycles. The number of aliphatic hydroxyl groups excluding tert-OH is 2. The van der Waals surface area contributed by atoms with Crippen molar-refractivity contribution in [2.75, 3.05) is 0 Å². The molecule has 0 amide bonds. The molecule has 2 atom stereocenters. The minimum Gasteiger partial charge on any atom is -0.393 e. The second-order valence-electron chi connectivity index (χ2n) is 4.91. The van der Waals surface area contributed by atoms with Gasteiger partial charge in [0.15, 0.2) is 0 Å². The SMILES string of the molecule is OC(/C=C/c1ccccc1)CC(O)CC1CC1. The van der Waals surface area contributed by atoms with E-state index in [-0.39, 0.29) is 6.10 Å². The summed E-state index contributed by atoms with van der Waals surface area (Å²) in [6.07, 6.45) is 6.51. The molecule has 0 radical (unpaired) electrons. The Morgan fingerprint density at radius 3 is 2.53 bits per heavy atom. The Labute approximate surface area is 103 Å². The molecule has 1 aliphatic carbocycles. The van der Waals surface area contributed by atoms with Gasteiger partial charge in [-0.1, -0.05) is 55.3 Å². The molecule has 0 saturated heterocycles. The van der Waals surface area contributed by atoms with Crippen LogP contribution in [0.15, 0.2) is 36.4 Å². The smallest absolute Gasteiger partial charge is 0.0748 e. The van der Waals surface area contributed by atoms with Gasteiger partial charge in [0, 0.05) is 6.42 Å². The lowest BCUT2D eigenvalue weighted by atomic mass is 10.1. The number of aliphatic hydroxyl groups is 2. The van der Waals surface area contributed by atoms with Crippen molar-refractivity contribution in [1.29, 1.82) is 0 Å². The molecule has 92 valence electrons. The van der Waals surface area contributed by atoms with Gasteiger partial charge in [0.25, 0.3) is 0 Å². The average Bonchev–Trinajstić information content (AvgIpc) is 3.11. The maximum Gasteiger partial charge on any atom is 0.0748 e. The summed E-state index contributed by atoms with van der Waals surface area (Å²) in [6, 6.07) is 9.88. The van der Waals surface area contributed by atoms with Crippen LogP contribution in [0.4, 0.5) is 0 Å². The lowest BCUT2D eigenvalue weighted by Gasteiger charge is -2.12. The first kappa shape index (κ1) is 12.3. The molecule has 1 saturated carbocycles. The first-order valence-corrected chi connectivity index (χ1v) is 6.33. The standard InChI is InChI=1S/C15H20O2/c16-14(11-15(17)10-13-6-7-13)9-8-12-4-2-1-3-5-12/h1-5,8-9,13-17H,6-7,10-11H2/b9-8+. The van der Waals surface area contributed by atoms with Crippen LogP contribution < -0.4 is 0 Å². The van der Waals surface area contributed by atoms with Crippen molar-refractivity contribution in [3.63, 3.8) is 0 Å². The summed E-state index contributed by atoms with van der Waals surface area (Å²) in [5, 5.41) is 19.5. The second kappa shape index (κ2) is 5.99. The van der Waals surface area contributed by atoms with E-state index in [1.165, 1.54) is 12.8 Å². The quantitative estimate of drug-likeness (QED) is 0.791. The highest BCUT2D eigenvalue weighted by molar-refractivity contribution is 5.49. The maximum absolute atomic E-state index is 9.77. The Morgan fingerprint density at radius 1 is 1.18 bits per heavy atom. The summed E-state index contributed by atoms with van der Waals surface area (Å²) in [5.41, 5.74) is 1.07. The topological polar surface area (TPSA) is 40.5 Å². The third-order valence-corrected chi connectivity index (χ3v) is 3.13. The molecule has 1 aromatic carbocycles. The van der Waals surface area contributed by atoms with Crippen molar-refractivity contribution < 1.29 is 10.2 Å². The molecule has 0 bridgehead atoms. The molecule has 2 N–H and O–H groups in total. The van der Waals surface area contributed by atoms with E-state index in [1.807, 2.05) is 36.4 Å². The van der Waals surface area contributed by atoms with Crippen molar-refractivity contribution >= 4 is 6.08 Å². The molecule has 0 spiro atoms. The van der Waals surface area contributed by atoms with Crippen molar-refractivity contribution in [1.82, 2.24) is 0 Å². The van der Waals surface area contributed by atoms with Gasteiger partial charge >= 0.3 is 0 Å². The van der Waals surface area contributed by atoms with E-state index in [0.29, 0.717) is 12.3 Å². The van der Waals surface area contributed by atoms with E-state index in [0.717, 1.165) is 12.0 Å². The van der Waals surface area contributed by atoms with Crippen LogP contribution >= 0.6 is 0 Å². The van der Waals surface area contributed by atoms with Gasteiger partial charge in [-0.15, -0.1) is 0 Å². The fourth-order valence-corrected chi connectivity index (χ4v) is 1.98. The highest BCUT2D eigenvalue weighted by atomic mass is 16.3. The third-order valence-electron chi connectivity index (χ3n) is 3.13. The summed E-state index contributed by atoms with van der Waals surface area (Å²) in [6.45, 7) is 0. The minimum atomic E-state index is -0.552. The molecule has 0 heterocycles. The summed E-state index contributed by atoms with van der Waals surface area (Å²) < 4.78 is 0. The van der Waals surface area contributed by atoms with E-state index in [1.54, 1.807) is 6.08 Å². The molecule has 1 aliphatic rings. The van der Waals surface area contributed by atoms with Gasteiger partial charge in [-0.05, 0) is 17.9 Å². The predicted molar refractivity (Wildman–Crippen MR) is 69.4 cm³/mol. The molecular weight excluding hydrogens is 212 g/mol. The van der Waals surface area contributed by atoms with Crippen LogP contribution in [0.25, 0.3) is 6.08 Å². The third kappa shape index (κ3) is 4.72. The van der Waals surface area contributed by atoms with E-state index in [9.17, 15) is 10.2 Å². The number of hydrogen-bond donors (Lipinski definition) is 2. The Balaban J connectivity index is 1.75. The van der Waals surface area contributed by atoms with Gasteiger partial charge < -0.3 is 10.2 Å². The summed E-state index contributed by atoms with van der Waals surface area (Å²) >= 11 is 0. The first-order chi connectivity index (χ1) is 8.24. The van der Waals surface area contributed by atoms with Gasteiger partial charge in [-0.25, -0.2) is 0 Å². The molecule has 2 unspecified atom stereocenters. The lowest BCUT2D eigenvalue weighted by Crippen LogP contribution is -2.16. The Hall–Kier alpha value is -1.12. The summed E-state index contributed by atoms with van der Waals surface area (Å²) in [4.78, 5) is 0. The summed E-state index contributed by atoms with van der Waals surface area (Å²) in [7, 11) is 0. The lowest BCUT2D eigenvalue weighted by molar-refractivity contribution is 0.0940. The Kier molecular flexibility index (Phi) is 4.35. The van der Waals surface area contributed by atoms with Crippen LogP contribution in [0, 0.1) is 5.92 Å². The highest BCUT2D eigenvalue weighted by Gasteiger charge is 2.25. The van der Waals surface area contributed by atoms with E-state index in [2.05, 4.69) is 0 Å². The predicted octanol–water partition coefficient (Wildman–Crippen LogP) is 2.61. The van der Waals surface area contributed by atoms with Gasteiger partial charge in [0.05, 0.1) is 12.2 Å². The van der Waals surface area contributed by atoms with Crippen LogP contribution in [-0.2, 0) is 0 Å². The largest absolute Gasteiger partial charge is 0.393 e. The van der Waals surface area contributed by atoms with Crippen LogP contribution in [-0.4, -0.2) is 22.4 Å². The van der Waals surface area contributed by atoms with Crippen molar-refractivity contribution in [3.05, 3.63) is 42.0 Å². The second-order valence-corrected chi connectivity index (χ2v) is 4.91.